The number of ether oxygens (including phenoxy) is 1. The van der Waals surface area contributed by atoms with Crippen LogP contribution in [0.3, 0.4) is 0 Å². The van der Waals surface area contributed by atoms with Gasteiger partial charge in [0.15, 0.2) is 0 Å². The molecule has 112 valence electrons. The second kappa shape index (κ2) is 4.82. The van der Waals surface area contributed by atoms with Crippen LogP contribution in [-0.4, -0.2) is 35.6 Å². The van der Waals surface area contributed by atoms with Crippen LogP contribution in [-0.2, 0) is 9.53 Å². The standard InChI is InChI=1S/C17H22N2O2/c1-21-14-9-5-8-13(14)19-15(12-6-3-2-4-7-12)18-17(10-11-17)16(19)20/h2-4,6-7,13-15,18H,5,8-11H2,1H3. The van der Waals surface area contributed by atoms with Crippen LogP contribution >= 0.6 is 0 Å². The van der Waals surface area contributed by atoms with Crippen molar-refractivity contribution in [1.82, 2.24) is 10.2 Å². The van der Waals surface area contributed by atoms with Crippen molar-refractivity contribution in [2.45, 2.75) is 56.0 Å². The van der Waals surface area contributed by atoms with Crippen LogP contribution in [0.1, 0.15) is 43.8 Å². The molecule has 1 aromatic rings. The Kier molecular flexibility index (Phi) is 3.05. The summed E-state index contributed by atoms with van der Waals surface area (Å²) < 4.78 is 5.64. The van der Waals surface area contributed by atoms with Crippen LogP contribution in [0.4, 0.5) is 0 Å². The molecule has 0 bridgehead atoms. The molecule has 0 aromatic heterocycles. The highest BCUT2D eigenvalue weighted by Gasteiger charge is 2.61. The van der Waals surface area contributed by atoms with Gasteiger partial charge in [0.2, 0.25) is 5.91 Å². The third-order valence-electron chi connectivity index (χ3n) is 5.28. The zero-order chi connectivity index (χ0) is 14.4. The summed E-state index contributed by atoms with van der Waals surface area (Å²) in [5, 5.41) is 3.60. The Morgan fingerprint density at radius 2 is 2.00 bits per heavy atom. The summed E-state index contributed by atoms with van der Waals surface area (Å²) >= 11 is 0. The normalized spacial score (nSPS) is 33.9. The monoisotopic (exact) mass is 286 g/mol. The molecule has 4 rings (SSSR count). The van der Waals surface area contributed by atoms with Gasteiger partial charge in [-0.05, 0) is 37.7 Å². The van der Waals surface area contributed by atoms with Crippen LogP contribution in [0.5, 0.6) is 0 Å². The van der Waals surface area contributed by atoms with Crippen molar-refractivity contribution in [3.05, 3.63) is 35.9 Å². The number of benzene rings is 1. The molecule has 21 heavy (non-hydrogen) atoms. The Morgan fingerprint density at radius 3 is 2.67 bits per heavy atom. The molecule has 0 radical (unpaired) electrons. The van der Waals surface area contributed by atoms with E-state index in [1.54, 1.807) is 7.11 Å². The lowest BCUT2D eigenvalue weighted by atomic mass is 10.1. The summed E-state index contributed by atoms with van der Waals surface area (Å²) in [5.74, 6) is 0.283. The first-order chi connectivity index (χ1) is 10.2. The largest absolute Gasteiger partial charge is 0.379 e. The Balaban J connectivity index is 1.69. The number of carbonyl (C=O) groups is 1. The number of methoxy groups -OCH3 is 1. The molecule has 1 aromatic carbocycles. The smallest absolute Gasteiger partial charge is 0.244 e. The van der Waals surface area contributed by atoms with Gasteiger partial charge in [-0.3, -0.25) is 10.1 Å². The topological polar surface area (TPSA) is 41.6 Å². The number of nitrogens with zero attached hydrogens (tertiary/aromatic N) is 1. The van der Waals surface area contributed by atoms with E-state index in [1.807, 2.05) is 18.2 Å². The van der Waals surface area contributed by atoms with E-state index in [0.717, 1.165) is 32.1 Å². The lowest BCUT2D eigenvalue weighted by molar-refractivity contribution is -0.135. The fourth-order valence-electron chi connectivity index (χ4n) is 3.96. The molecule has 2 aliphatic carbocycles. The van der Waals surface area contributed by atoms with E-state index in [9.17, 15) is 4.79 Å². The van der Waals surface area contributed by atoms with Crippen molar-refractivity contribution < 1.29 is 9.53 Å². The third kappa shape index (κ3) is 2.00. The van der Waals surface area contributed by atoms with E-state index < -0.39 is 0 Å². The fraction of sp³-hybridized carbons (Fsp3) is 0.588. The summed E-state index contributed by atoms with van der Waals surface area (Å²) in [5.41, 5.74) is 0.901. The first-order valence-corrected chi connectivity index (χ1v) is 7.93. The molecule has 1 heterocycles. The predicted octanol–water partition coefficient (Wildman–Crippen LogP) is 2.22. The van der Waals surface area contributed by atoms with E-state index in [0.29, 0.717) is 0 Å². The molecule has 1 saturated heterocycles. The molecular weight excluding hydrogens is 264 g/mol. The van der Waals surface area contributed by atoms with E-state index in [2.05, 4.69) is 22.3 Å². The summed E-state index contributed by atoms with van der Waals surface area (Å²) in [6, 6.07) is 10.5. The lowest BCUT2D eigenvalue weighted by Gasteiger charge is -2.33. The number of carbonyl (C=O) groups excluding carboxylic acids is 1. The average molecular weight is 286 g/mol. The second-order valence-electron chi connectivity index (χ2n) is 6.52. The molecule has 3 unspecified atom stereocenters. The molecule has 4 nitrogen and oxygen atoms in total. The molecule has 3 atom stereocenters. The molecule has 2 saturated carbocycles. The molecule has 3 aliphatic rings. The third-order valence-corrected chi connectivity index (χ3v) is 5.28. The van der Waals surface area contributed by atoms with Crippen LogP contribution in [0, 0.1) is 0 Å². The Labute approximate surface area is 125 Å². The van der Waals surface area contributed by atoms with Gasteiger partial charge in [-0.2, -0.15) is 0 Å². The minimum Gasteiger partial charge on any atom is -0.379 e. The van der Waals surface area contributed by atoms with Crippen LogP contribution in [0.25, 0.3) is 0 Å². The number of hydrogen-bond donors (Lipinski definition) is 1. The maximum atomic E-state index is 12.9. The van der Waals surface area contributed by atoms with Gasteiger partial charge >= 0.3 is 0 Å². The van der Waals surface area contributed by atoms with Crippen LogP contribution in [0.15, 0.2) is 30.3 Å². The highest BCUT2D eigenvalue weighted by molar-refractivity contribution is 5.92. The highest BCUT2D eigenvalue weighted by Crippen LogP contribution is 2.48. The fourth-order valence-corrected chi connectivity index (χ4v) is 3.96. The van der Waals surface area contributed by atoms with Gasteiger partial charge in [-0.15, -0.1) is 0 Å². The van der Waals surface area contributed by atoms with Gasteiger partial charge < -0.3 is 9.64 Å². The maximum Gasteiger partial charge on any atom is 0.244 e. The van der Waals surface area contributed by atoms with Crippen molar-refractivity contribution >= 4 is 5.91 Å². The Hall–Kier alpha value is -1.39. The summed E-state index contributed by atoms with van der Waals surface area (Å²) in [7, 11) is 1.77. The molecule has 1 amide bonds. The van der Waals surface area contributed by atoms with Gasteiger partial charge in [0, 0.05) is 7.11 Å². The Bertz CT molecular complexity index is 541. The average Bonchev–Trinajstić information content (AvgIpc) is 3.06. The van der Waals surface area contributed by atoms with Crippen molar-refractivity contribution in [3.63, 3.8) is 0 Å². The summed E-state index contributed by atoms with van der Waals surface area (Å²) in [4.78, 5) is 15.0. The maximum absolute atomic E-state index is 12.9. The van der Waals surface area contributed by atoms with Crippen LogP contribution < -0.4 is 5.32 Å². The highest BCUT2D eigenvalue weighted by atomic mass is 16.5. The molecule has 1 spiro atoms. The first-order valence-electron chi connectivity index (χ1n) is 7.93. The van der Waals surface area contributed by atoms with Crippen molar-refractivity contribution in [3.8, 4) is 0 Å². The minimum atomic E-state index is -0.276. The number of rotatable bonds is 3. The van der Waals surface area contributed by atoms with E-state index in [4.69, 9.17) is 4.74 Å². The van der Waals surface area contributed by atoms with E-state index in [1.165, 1.54) is 5.56 Å². The number of hydrogen-bond acceptors (Lipinski definition) is 3. The molecule has 1 aliphatic heterocycles. The van der Waals surface area contributed by atoms with E-state index >= 15 is 0 Å². The Morgan fingerprint density at radius 1 is 1.24 bits per heavy atom. The lowest BCUT2D eigenvalue weighted by Crippen LogP contribution is -2.45. The number of nitrogens with one attached hydrogen (secondary N) is 1. The van der Waals surface area contributed by atoms with Gasteiger partial charge in [0.05, 0.1) is 12.1 Å². The molecule has 1 N–H and O–H groups in total. The minimum absolute atomic E-state index is 0.00181. The van der Waals surface area contributed by atoms with E-state index in [-0.39, 0.29) is 29.8 Å². The summed E-state index contributed by atoms with van der Waals surface area (Å²) in [6.45, 7) is 0. The zero-order valence-corrected chi connectivity index (χ0v) is 12.4. The van der Waals surface area contributed by atoms with Crippen molar-refractivity contribution in [2.24, 2.45) is 0 Å². The van der Waals surface area contributed by atoms with Gasteiger partial charge in [0.1, 0.15) is 11.7 Å². The summed E-state index contributed by atoms with van der Waals surface area (Å²) in [6.07, 6.45) is 5.36. The van der Waals surface area contributed by atoms with Crippen molar-refractivity contribution in [1.29, 1.82) is 0 Å². The molecule has 4 heteroatoms. The first kappa shape index (κ1) is 13.3. The SMILES string of the molecule is COC1CCCC1N1C(=O)C2(CC2)NC1c1ccccc1. The van der Waals surface area contributed by atoms with Crippen molar-refractivity contribution in [2.75, 3.05) is 7.11 Å². The quantitative estimate of drug-likeness (QED) is 0.926. The predicted molar refractivity (Wildman–Crippen MR) is 79.6 cm³/mol. The van der Waals surface area contributed by atoms with Gasteiger partial charge in [-0.1, -0.05) is 30.3 Å². The number of amides is 1. The second-order valence-corrected chi connectivity index (χ2v) is 6.52. The van der Waals surface area contributed by atoms with Gasteiger partial charge in [0.25, 0.3) is 0 Å². The molecule has 3 fully saturated rings. The zero-order valence-electron chi connectivity index (χ0n) is 12.4. The molecular formula is C17H22N2O2. The van der Waals surface area contributed by atoms with Gasteiger partial charge in [-0.25, -0.2) is 0 Å². The van der Waals surface area contributed by atoms with Crippen LogP contribution in [0.2, 0.25) is 0 Å².